The highest BCUT2D eigenvalue weighted by molar-refractivity contribution is 5.83. The number of carboxylic acid groups (broad SMARTS) is 1. The second-order valence-electron chi connectivity index (χ2n) is 10.1. The van der Waals surface area contributed by atoms with Crippen LogP contribution in [0.4, 0.5) is 0 Å². The van der Waals surface area contributed by atoms with Crippen molar-refractivity contribution in [3.8, 4) is 16.9 Å². The molecule has 1 heterocycles. The van der Waals surface area contributed by atoms with Crippen LogP contribution in [-0.2, 0) is 9.59 Å². The molecule has 0 aliphatic heterocycles. The summed E-state index contributed by atoms with van der Waals surface area (Å²) in [5.41, 5.74) is 3.63. The number of rotatable bonds is 10. The Bertz CT molecular complexity index is 1560. The molecule has 3 aromatic carbocycles. The molecule has 0 saturated carbocycles. The number of carbonyl (C=O) groups excluding carboxylic acids is 1. The third-order valence-corrected chi connectivity index (χ3v) is 6.75. The van der Waals surface area contributed by atoms with Crippen LogP contribution in [0.3, 0.4) is 0 Å². The number of fused-ring (bicyclic) bond motifs is 1. The topological polar surface area (TPSA) is 111 Å². The fourth-order valence-electron chi connectivity index (χ4n) is 4.88. The second-order valence-corrected chi connectivity index (χ2v) is 10.1. The van der Waals surface area contributed by atoms with Crippen molar-refractivity contribution in [2.45, 2.75) is 45.7 Å². The normalized spacial score (nSPS) is 12.7. The number of aliphatic carboxylic acids is 1. The second kappa shape index (κ2) is 11.9. The summed E-state index contributed by atoms with van der Waals surface area (Å²) in [6.45, 7) is 5.91. The molecular weight excluding hydrogens is 494 g/mol. The lowest BCUT2D eigenvalue weighted by Gasteiger charge is -2.25. The van der Waals surface area contributed by atoms with Gasteiger partial charge in [-0.2, -0.15) is 0 Å². The van der Waals surface area contributed by atoms with E-state index in [1.54, 1.807) is 37.4 Å². The zero-order chi connectivity index (χ0) is 28.1. The maximum Gasteiger partial charge on any atom is 0.305 e. The number of carboxylic acids is 1. The smallest absolute Gasteiger partial charge is 0.305 e. The van der Waals surface area contributed by atoms with Crippen LogP contribution in [0.2, 0.25) is 0 Å². The van der Waals surface area contributed by atoms with E-state index >= 15 is 0 Å². The predicted molar refractivity (Wildman–Crippen MR) is 151 cm³/mol. The van der Waals surface area contributed by atoms with E-state index in [1.807, 2.05) is 57.2 Å². The van der Waals surface area contributed by atoms with E-state index in [0.29, 0.717) is 28.6 Å². The van der Waals surface area contributed by atoms with Crippen LogP contribution in [0, 0.1) is 12.8 Å². The van der Waals surface area contributed by atoms with Crippen LogP contribution in [0.25, 0.3) is 22.0 Å². The summed E-state index contributed by atoms with van der Waals surface area (Å²) < 4.78 is 6.92. The van der Waals surface area contributed by atoms with Crippen LogP contribution >= 0.6 is 0 Å². The minimum Gasteiger partial charge on any atom is -0.496 e. The number of amides is 1. The molecule has 0 saturated heterocycles. The van der Waals surface area contributed by atoms with Crippen molar-refractivity contribution in [3.05, 3.63) is 94.5 Å². The summed E-state index contributed by atoms with van der Waals surface area (Å²) in [6, 6.07) is 18.5. The SMILES string of the molecule is COc1cccc(C)c1-c1cccc([C@H](CC(=O)O)NC(=O)[C@H](CC(C)C)n2cnc3ccccc3c2=O)c1. The van der Waals surface area contributed by atoms with E-state index in [2.05, 4.69) is 10.3 Å². The number of nitrogens with zero attached hydrogens (tertiary/aromatic N) is 2. The lowest BCUT2D eigenvalue weighted by Crippen LogP contribution is -2.40. The van der Waals surface area contributed by atoms with Gasteiger partial charge in [-0.15, -0.1) is 0 Å². The molecule has 39 heavy (non-hydrogen) atoms. The maximum absolute atomic E-state index is 13.7. The number of aromatic nitrogens is 2. The fraction of sp³-hybridized carbons (Fsp3) is 0.290. The van der Waals surface area contributed by atoms with E-state index in [1.165, 1.54) is 10.9 Å². The molecule has 0 bridgehead atoms. The van der Waals surface area contributed by atoms with E-state index in [4.69, 9.17) is 4.74 Å². The number of para-hydroxylation sites is 1. The van der Waals surface area contributed by atoms with Crippen molar-refractivity contribution in [3.63, 3.8) is 0 Å². The molecule has 4 aromatic rings. The molecule has 1 amide bonds. The number of aryl methyl sites for hydroxylation is 1. The quantitative estimate of drug-likeness (QED) is 0.290. The Balaban J connectivity index is 1.72. The minimum absolute atomic E-state index is 0.0916. The average Bonchev–Trinajstić information content (AvgIpc) is 2.91. The van der Waals surface area contributed by atoms with Crippen LogP contribution in [0.5, 0.6) is 5.75 Å². The molecule has 0 radical (unpaired) electrons. The highest BCUT2D eigenvalue weighted by Crippen LogP contribution is 2.34. The number of hydrogen-bond donors (Lipinski definition) is 2. The summed E-state index contributed by atoms with van der Waals surface area (Å²) >= 11 is 0. The Morgan fingerprint density at radius 1 is 1.05 bits per heavy atom. The summed E-state index contributed by atoms with van der Waals surface area (Å²) in [7, 11) is 1.61. The first-order valence-electron chi connectivity index (χ1n) is 12.9. The molecule has 8 nitrogen and oxygen atoms in total. The van der Waals surface area contributed by atoms with Gasteiger partial charge in [0.05, 0.1) is 36.8 Å². The first kappa shape index (κ1) is 27.6. The molecule has 4 rings (SSSR count). The number of nitrogens with one attached hydrogen (secondary N) is 1. The van der Waals surface area contributed by atoms with Gasteiger partial charge in [0.2, 0.25) is 5.91 Å². The van der Waals surface area contributed by atoms with Gasteiger partial charge >= 0.3 is 5.97 Å². The summed E-state index contributed by atoms with van der Waals surface area (Å²) in [6.07, 6.45) is 1.46. The molecule has 202 valence electrons. The van der Waals surface area contributed by atoms with Gasteiger partial charge in [0.15, 0.2) is 0 Å². The minimum atomic E-state index is -1.05. The van der Waals surface area contributed by atoms with Crippen LogP contribution < -0.4 is 15.6 Å². The Hall–Kier alpha value is -4.46. The number of hydrogen-bond acceptors (Lipinski definition) is 5. The van der Waals surface area contributed by atoms with E-state index < -0.39 is 24.0 Å². The number of benzene rings is 3. The van der Waals surface area contributed by atoms with Crippen LogP contribution in [0.15, 0.2) is 77.9 Å². The van der Waals surface area contributed by atoms with Crippen molar-refractivity contribution in [1.82, 2.24) is 14.9 Å². The Morgan fingerprint density at radius 3 is 2.51 bits per heavy atom. The van der Waals surface area contributed by atoms with E-state index in [-0.39, 0.29) is 17.9 Å². The van der Waals surface area contributed by atoms with Crippen LogP contribution in [0.1, 0.15) is 49.9 Å². The molecule has 0 fully saturated rings. The Morgan fingerprint density at radius 2 is 1.79 bits per heavy atom. The summed E-state index contributed by atoms with van der Waals surface area (Å²) in [5.74, 6) is -0.697. The van der Waals surface area contributed by atoms with Gasteiger partial charge in [0, 0.05) is 5.56 Å². The summed E-state index contributed by atoms with van der Waals surface area (Å²) in [5, 5.41) is 13.0. The average molecular weight is 528 g/mol. The van der Waals surface area contributed by atoms with Crippen molar-refractivity contribution < 1.29 is 19.4 Å². The monoisotopic (exact) mass is 527 g/mol. The van der Waals surface area contributed by atoms with Gasteiger partial charge in [-0.1, -0.05) is 56.3 Å². The van der Waals surface area contributed by atoms with Gasteiger partial charge in [-0.05, 0) is 60.2 Å². The summed E-state index contributed by atoms with van der Waals surface area (Å²) in [4.78, 5) is 43.3. The lowest BCUT2D eigenvalue weighted by molar-refractivity contribution is -0.138. The molecule has 2 N–H and O–H groups in total. The zero-order valence-electron chi connectivity index (χ0n) is 22.5. The predicted octanol–water partition coefficient (Wildman–Crippen LogP) is 5.30. The molecule has 8 heteroatoms. The molecule has 2 atom stereocenters. The van der Waals surface area contributed by atoms with Crippen molar-refractivity contribution in [2.24, 2.45) is 5.92 Å². The zero-order valence-corrected chi connectivity index (χ0v) is 22.5. The highest BCUT2D eigenvalue weighted by atomic mass is 16.5. The number of ether oxygens (including phenoxy) is 1. The third-order valence-electron chi connectivity index (χ3n) is 6.75. The van der Waals surface area contributed by atoms with Gasteiger partial charge < -0.3 is 15.2 Å². The van der Waals surface area contributed by atoms with Crippen molar-refractivity contribution >= 4 is 22.8 Å². The van der Waals surface area contributed by atoms with Crippen molar-refractivity contribution in [1.29, 1.82) is 0 Å². The molecule has 0 aliphatic carbocycles. The maximum atomic E-state index is 13.7. The van der Waals surface area contributed by atoms with Gasteiger partial charge in [0.1, 0.15) is 11.8 Å². The van der Waals surface area contributed by atoms with Crippen molar-refractivity contribution in [2.75, 3.05) is 7.11 Å². The first-order chi connectivity index (χ1) is 18.7. The molecular formula is C31H33N3O5. The van der Waals surface area contributed by atoms with Crippen LogP contribution in [-0.4, -0.2) is 33.6 Å². The number of methoxy groups -OCH3 is 1. The van der Waals surface area contributed by atoms with E-state index in [0.717, 1.165) is 16.7 Å². The lowest BCUT2D eigenvalue weighted by atomic mass is 9.94. The molecule has 0 unspecified atom stereocenters. The standard InChI is InChI=1S/C31H33N3O5/c1-19(2)15-26(34-18-32-24-13-6-5-12-23(24)31(34)38)30(37)33-25(17-28(35)36)21-10-8-11-22(16-21)29-20(3)9-7-14-27(29)39-4/h5-14,16,18-19,25-26H,15,17H2,1-4H3,(H,33,37)(H,35,36)/t25-,26-/m0/s1. The Kier molecular flexibility index (Phi) is 8.44. The van der Waals surface area contributed by atoms with Gasteiger partial charge in [0.25, 0.3) is 5.56 Å². The molecule has 0 spiro atoms. The van der Waals surface area contributed by atoms with Gasteiger partial charge in [-0.25, -0.2) is 4.98 Å². The van der Waals surface area contributed by atoms with Gasteiger partial charge in [-0.3, -0.25) is 19.0 Å². The fourth-order valence-corrected chi connectivity index (χ4v) is 4.88. The molecule has 0 aliphatic rings. The van der Waals surface area contributed by atoms with E-state index in [9.17, 15) is 19.5 Å². The molecule has 1 aromatic heterocycles. The largest absolute Gasteiger partial charge is 0.496 e. The first-order valence-corrected chi connectivity index (χ1v) is 12.9. The number of carbonyl (C=O) groups is 2. The third kappa shape index (κ3) is 6.17. The Labute approximate surface area is 227 Å². The highest BCUT2D eigenvalue weighted by Gasteiger charge is 2.28.